The van der Waals surface area contributed by atoms with Crippen LogP contribution in [0, 0.1) is 11.6 Å². The molecule has 1 aromatic heterocycles. The van der Waals surface area contributed by atoms with Crippen LogP contribution in [0.15, 0.2) is 41.3 Å². The van der Waals surface area contributed by atoms with Gasteiger partial charge in [0.1, 0.15) is 11.3 Å². The van der Waals surface area contributed by atoms with Crippen molar-refractivity contribution in [2.24, 2.45) is 0 Å². The van der Waals surface area contributed by atoms with Crippen molar-refractivity contribution in [2.75, 3.05) is 18.4 Å². The van der Waals surface area contributed by atoms with Crippen molar-refractivity contribution < 1.29 is 22.0 Å². The second-order valence-electron chi connectivity index (χ2n) is 6.64. The number of carbonyl (C=O) groups excluding carboxylic acids is 1. The first-order chi connectivity index (χ1) is 14.3. The molecular weight excluding hydrogens is 432 g/mol. The molecule has 1 heterocycles. The molecule has 3 rings (SSSR count). The van der Waals surface area contributed by atoms with Crippen molar-refractivity contribution in [3.8, 4) is 0 Å². The van der Waals surface area contributed by atoms with Crippen LogP contribution in [0.2, 0.25) is 0 Å². The number of halogens is 2. The summed E-state index contributed by atoms with van der Waals surface area (Å²) < 4.78 is 54.4. The fourth-order valence-electron chi connectivity index (χ4n) is 2.96. The Hall–Kier alpha value is -2.43. The van der Waals surface area contributed by atoms with Crippen LogP contribution in [-0.4, -0.2) is 36.7 Å². The van der Waals surface area contributed by atoms with E-state index in [1.807, 2.05) is 13.8 Å². The number of nitrogens with one attached hydrogen (secondary N) is 1. The lowest BCUT2D eigenvalue weighted by Crippen LogP contribution is -2.32. The van der Waals surface area contributed by atoms with Crippen LogP contribution in [0.5, 0.6) is 0 Å². The SMILES string of the molecule is CCCN(CCC)S(=O)(=O)c1ccc(C(=O)Nc2nc3c(F)cc(F)cc3s2)cc1. The van der Waals surface area contributed by atoms with Crippen molar-refractivity contribution in [1.29, 1.82) is 0 Å². The maximum atomic E-state index is 13.8. The second-order valence-corrected chi connectivity index (χ2v) is 9.60. The summed E-state index contributed by atoms with van der Waals surface area (Å²) in [6, 6.07) is 7.46. The lowest BCUT2D eigenvalue weighted by atomic mass is 10.2. The summed E-state index contributed by atoms with van der Waals surface area (Å²) in [5, 5.41) is 2.65. The Balaban J connectivity index is 1.79. The summed E-state index contributed by atoms with van der Waals surface area (Å²) in [4.78, 5) is 16.6. The van der Waals surface area contributed by atoms with Crippen molar-refractivity contribution in [2.45, 2.75) is 31.6 Å². The fraction of sp³-hybridized carbons (Fsp3) is 0.300. The highest BCUT2D eigenvalue weighted by molar-refractivity contribution is 7.89. The number of benzene rings is 2. The van der Waals surface area contributed by atoms with Gasteiger partial charge in [0.25, 0.3) is 5.91 Å². The average molecular weight is 454 g/mol. The fourth-order valence-corrected chi connectivity index (χ4v) is 5.48. The van der Waals surface area contributed by atoms with Gasteiger partial charge in [0.05, 0.1) is 9.60 Å². The first-order valence-electron chi connectivity index (χ1n) is 9.43. The van der Waals surface area contributed by atoms with Crippen LogP contribution in [0.1, 0.15) is 37.0 Å². The summed E-state index contributed by atoms with van der Waals surface area (Å²) >= 11 is 0.945. The van der Waals surface area contributed by atoms with E-state index in [0.717, 1.165) is 23.5 Å². The maximum Gasteiger partial charge on any atom is 0.257 e. The number of fused-ring (bicyclic) bond motifs is 1. The summed E-state index contributed by atoms with van der Waals surface area (Å²) in [6.07, 6.45) is 1.40. The number of nitrogens with zero attached hydrogens (tertiary/aromatic N) is 2. The minimum atomic E-state index is -3.64. The van der Waals surface area contributed by atoms with Gasteiger partial charge in [-0.3, -0.25) is 10.1 Å². The van der Waals surface area contributed by atoms with Gasteiger partial charge >= 0.3 is 0 Å². The van der Waals surface area contributed by atoms with E-state index in [-0.39, 0.29) is 25.8 Å². The van der Waals surface area contributed by atoms with Gasteiger partial charge in [-0.1, -0.05) is 25.2 Å². The largest absolute Gasteiger partial charge is 0.298 e. The molecule has 1 N–H and O–H groups in total. The van der Waals surface area contributed by atoms with Crippen molar-refractivity contribution >= 4 is 42.6 Å². The van der Waals surface area contributed by atoms with Crippen LogP contribution in [0.4, 0.5) is 13.9 Å². The molecule has 0 fully saturated rings. The Morgan fingerprint density at radius 1 is 1.10 bits per heavy atom. The lowest BCUT2D eigenvalue weighted by Gasteiger charge is -2.21. The molecule has 0 spiro atoms. The van der Waals surface area contributed by atoms with E-state index in [4.69, 9.17) is 0 Å². The first-order valence-corrected chi connectivity index (χ1v) is 11.7. The minimum absolute atomic E-state index is 0.0231. The minimum Gasteiger partial charge on any atom is -0.298 e. The van der Waals surface area contributed by atoms with E-state index in [1.54, 1.807) is 0 Å². The Labute approximate surface area is 177 Å². The number of amides is 1. The molecule has 160 valence electrons. The molecule has 0 bridgehead atoms. The molecule has 0 aliphatic carbocycles. The number of rotatable bonds is 8. The summed E-state index contributed by atoms with van der Waals surface area (Å²) in [6.45, 7) is 4.67. The molecule has 0 saturated heterocycles. The van der Waals surface area contributed by atoms with E-state index in [1.165, 1.54) is 28.6 Å². The quantitative estimate of drug-likeness (QED) is 0.539. The van der Waals surface area contributed by atoms with Crippen LogP contribution in [0.25, 0.3) is 10.2 Å². The Kier molecular flexibility index (Phi) is 6.79. The number of thiazole rings is 1. The Morgan fingerprint density at radius 3 is 2.33 bits per heavy atom. The molecule has 0 radical (unpaired) electrons. The molecule has 1 amide bonds. The van der Waals surface area contributed by atoms with Gasteiger partial charge in [-0.05, 0) is 43.2 Å². The standard InChI is InChI=1S/C20H21F2N3O3S2/c1-3-9-25(10-4-2)30(27,28)15-7-5-13(6-8-15)19(26)24-20-23-18-16(22)11-14(21)12-17(18)29-20/h5-8,11-12H,3-4,9-10H2,1-2H3,(H,23,24,26). The molecule has 0 atom stereocenters. The van der Waals surface area contributed by atoms with Gasteiger partial charge in [0.15, 0.2) is 10.9 Å². The van der Waals surface area contributed by atoms with Gasteiger partial charge in [0.2, 0.25) is 10.0 Å². The third kappa shape index (κ3) is 4.66. The van der Waals surface area contributed by atoms with Crippen molar-refractivity contribution in [1.82, 2.24) is 9.29 Å². The molecule has 0 unspecified atom stereocenters. The molecule has 0 aliphatic heterocycles. The molecule has 0 saturated carbocycles. The van der Waals surface area contributed by atoms with Gasteiger partial charge in [-0.15, -0.1) is 0 Å². The highest BCUT2D eigenvalue weighted by atomic mass is 32.2. The van der Waals surface area contributed by atoms with Crippen LogP contribution in [-0.2, 0) is 10.0 Å². The number of anilines is 1. The molecule has 10 heteroatoms. The molecule has 30 heavy (non-hydrogen) atoms. The molecule has 2 aromatic carbocycles. The summed E-state index contributed by atoms with van der Waals surface area (Å²) in [5.74, 6) is -2.06. The van der Waals surface area contributed by atoms with Crippen LogP contribution < -0.4 is 5.32 Å². The Bertz CT molecular complexity index is 1160. The summed E-state index contributed by atoms with van der Waals surface area (Å²) in [5.41, 5.74) is 0.197. The van der Waals surface area contributed by atoms with Crippen molar-refractivity contribution in [3.63, 3.8) is 0 Å². The maximum absolute atomic E-state index is 13.8. The number of hydrogen-bond donors (Lipinski definition) is 1. The number of aromatic nitrogens is 1. The van der Waals surface area contributed by atoms with E-state index in [9.17, 15) is 22.0 Å². The van der Waals surface area contributed by atoms with Crippen molar-refractivity contribution in [3.05, 3.63) is 53.6 Å². The van der Waals surface area contributed by atoms with Gasteiger partial charge in [0, 0.05) is 24.7 Å². The molecule has 0 aliphatic rings. The zero-order valence-corrected chi connectivity index (χ0v) is 18.1. The zero-order chi connectivity index (χ0) is 21.9. The third-order valence-corrected chi connectivity index (χ3v) is 7.16. The van der Waals surface area contributed by atoms with Crippen LogP contribution >= 0.6 is 11.3 Å². The Morgan fingerprint density at radius 2 is 1.73 bits per heavy atom. The number of hydrogen-bond acceptors (Lipinski definition) is 5. The smallest absolute Gasteiger partial charge is 0.257 e. The van der Waals surface area contributed by atoms with Gasteiger partial charge in [-0.2, -0.15) is 4.31 Å². The zero-order valence-electron chi connectivity index (χ0n) is 16.5. The highest BCUT2D eigenvalue weighted by Gasteiger charge is 2.23. The topological polar surface area (TPSA) is 79.4 Å². The number of carbonyl (C=O) groups is 1. The molecular formula is C20H21F2N3O3S2. The first kappa shape index (κ1) is 22.3. The summed E-state index contributed by atoms with van der Waals surface area (Å²) in [7, 11) is -3.64. The lowest BCUT2D eigenvalue weighted by molar-refractivity contribution is 0.102. The van der Waals surface area contributed by atoms with Gasteiger partial charge < -0.3 is 0 Å². The van der Waals surface area contributed by atoms with E-state index < -0.39 is 27.6 Å². The molecule has 3 aromatic rings. The molecule has 6 nitrogen and oxygen atoms in total. The van der Waals surface area contributed by atoms with Gasteiger partial charge in [-0.25, -0.2) is 22.2 Å². The predicted octanol–water partition coefficient (Wildman–Crippen LogP) is 4.64. The average Bonchev–Trinajstić information content (AvgIpc) is 3.10. The van der Waals surface area contributed by atoms with E-state index >= 15 is 0 Å². The highest BCUT2D eigenvalue weighted by Crippen LogP contribution is 2.29. The normalized spacial score (nSPS) is 11.9. The van der Waals surface area contributed by atoms with E-state index in [0.29, 0.717) is 25.9 Å². The monoisotopic (exact) mass is 453 g/mol. The second kappa shape index (κ2) is 9.15. The third-order valence-electron chi connectivity index (χ3n) is 4.33. The predicted molar refractivity (Wildman–Crippen MR) is 113 cm³/mol. The number of sulfonamides is 1. The van der Waals surface area contributed by atoms with E-state index in [2.05, 4.69) is 10.3 Å². The van der Waals surface area contributed by atoms with Crippen LogP contribution in [0.3, 0.4) is 0 Å².